The van der Waals surface area contributed by atoms with Crippen LogP contribution in [0.5, 0.6) is 0 Å². The van der Waals surface area contributed by atoms with Crippen molar-refractivity contribution in [1.29, 1.82) is 0 Å². The lowest BCUT2D eigenvalue weighted by molar-refractivity contribution is 0.157. The summed E-state index contributed by atoms with van der Waals surface area (Å²) in [5, 5.41) is 6.51. The molecule has 6 heteroatoms. The van der Waals surface area contributed by atoms with E-state index in [0.717, 1.165) is 25.7 Å². The molecule has 24 heavy (non-hydrogen) atoms. The average molecular weight is 338 g/mol. The number of guanidine groups is 1. The van der Waals surface area contributed by atoms with E-state index in [1.807, 2.05) is 6.92 Å². The van der Waals surface area contributed by atoms with Crippen LogP contribution in [0.25, 0.3) is 0 Å². The molecule has 1 aromatic carbocycles. The molecule has 1 fully saturated rings. The molecule has 1 aliphatic heterocycles. The van der Waals surface area contributed by atoms with Gasteiger partial charge in [0.05, 0.1) is 6.04 Å². The molecule has 1 aliphatic rings. The molecule has 0 bridgehead atoms. The van der Waals surface area contributed by atoms with Crippen molar-refractivity contribution in [3.63, 3.8) is 0 Å². The summed E-state index contributed by atoms with van der Waals surface area (Å²) in [7, 11) is 1.70. The molecule has 1 heterocycles. The Hall–Kier alpha value is -1.69. The summed E-state index contributed by atoms with van der Waals surface area (Å²) in [6.07, 6.45) is 3.70. The van der Waals surface area contributed by atoms with Crippen molar-refractivity contribution < 1.29 is 8.78 Å². The van der Waals surface area contributed by atoms with E-state index in [9.17, 15) is 8.78 Å². The van der Waals surface area contributed by atoms with Crippen molar-refractivity contribution in [2.24, 2.45) is 4.99 Å². The van der Waals surface area contributed by atoms with E-state index in [1.54, 1.807) is 7.05 Å². The zero-order chi connectivity index (χ0) is 17.5. The Kier molecular flexibility index (Phi) is 6.97. The van der Waals surface area contributed by atoms with Gasteiger partial charge in [0.2, 0.25) is 0 Å². The maximum atomic E-state index is 13.9. The summed E-state index contributed by atoms with van der Waals surface area (Å²) >= 11 is 0. The normalized spacial score (nSPS) is 20.7. The molecule has 2 atom stereocenters. The van der Waals surface area contributed by atoms with E-state index in [1.165, 1.54) is 31.4 Å². The van der Waals surface area contributed by atoms with Crippen LogP contribution in [-0.4, -0.2) is 43.6 Å². The Balaban J connectivity index is 1.92. The van der Waals surface area contributed by atoms with Gasteiger partial charge < -0.3 is 10.6 Å². The van der Waals surface area contributed by atoms with Gasteiger partial charge in [0.15, 0.2) is 5.96 Å². The minimum atomic E-state index is -0.567. The molecule has 1 aromatic rings. The Labute approximate surface area is 143 Å². The second-order valence-electron chi connectivity index (χ2n) is 6.26. The number of benzene rings is 1. The molecule has 0 radical (unpaired) electrons. The molecular formula is C18H28F2N4. The largest absolute Gasteiger partial charge is 0.355 e. The molecule has 134 valence electrons. The number of nitrogens with zero attached hydrogens (tertiary/aromatic N) is 2. The third-order valence-corrected chi connectivity index (χ3v) is 4.67. The number of likely N-dealkylation sites (N-methyl/N-ethyl adjacent to an activating group) is 1. The molecule has 0 aliphatic carbocycles. The SMILES string of the molecule is CCN1CCCCC1CNC(=NC)NC(C)c1ccc(F)cc1F. The molecule has 2 unspecified atom stereocenters. The first kappa shape index (κ1) is 18.6. The third-order valence-electron chi connectivity index (χ3n) is 4.67. The van der Waals surface area contributed by atoms with Crippen molar-refractivity contribution in [2.45, 2.75) is 45.2 Å². The topological polar surface area (TPSA) is 39.7 Å². The Morgan fingerprint density at radius 1 is 1.38 bits per heavy atom. The fraction of sp³-hybridized carbons (Fsp3) is 0.611. The van der Waals surface area contributed by atoms with Crippen molar-refractivity contribution in [2.75, 3.05) is 26.7 Å². The summed E-state index contributed by atoms with van der Waals surface area (Å²) in [6.45, 7) is 7.03. The first-order chi connectivity index (χ1) is 11.5. The number of halogens is 2. The van der Waals surface area contributed by atoms with Crippen LogP contribution in [0, 0.1) is 11.6 Å². The van der Waals surface area contributed by atoms with E-state index >= 15 is 0 Å². The lowest BCUT2D eigenvalue weighted by atomic mass is 10.0. The number of hydrogen-bond donors (Lipinski definition) is 2. The molecule has 2 N–H and O–H groups in total. The second kappa shape index (κ2) is 8.97. The minimum absolute atomic E-state index is 0.301. The summed E-state index contributed by atoms with van der Waals surface area (Å²) in [5.41, 5.74) is 0.423. The van der Waals surface area contributed by atoms with Gasteiger partial charge in [0, 0.05) is 31.3 Å². The maximum absolute atomic E-state index is 13.9. The smallest absolute Gasteiger partial charge is 0.191 e. The van der Waals surface area contributed by atoms with Gasteiger partial charge in [-0.1, -0.05) is 19.4 Å². The number of rotatable bonds is 5. The number of likely N-dealkylation sites (tertiary alicyclic amines) is 1. The molecule has 0 aromatic heterocycles. The number of hydrogen-bond acceptors (Lipinski definition) is 2. The van der Waals surface area contributed by atoms with Crippen LogP contribution in [0.15, 0.2) is 23.2 Å². The van der Waals surface area contributed by atoms with E-state index in [2.05, 4.69) is 27.4 Å². The molecule has 2 rings (SSSR count). The van der Waals surface area contributed by atoms with Gasteiger partial charge in [0.25, 0.3) is 0 Å². The lowest BCUT2D eigenvalue weighted by Crippen LogP contribution is -2.49. The summed E-state index contributed by atoms with van der Waals surface area (Å²) in [4.78, 5) is 6.69. The van der Waals surface area contributed by atoms with Crippen molar-refractivity contribution in [1.82, 2.24) is 15.5 Å². The number of aliphatic imine (C=N–C) groups is 1. The monoisotopic (exact) mass is 338 g/mol. The van der Waals surface area contributed by atoms with Crippen LogP contribution in [0.3, 0.4) is 0 Å². The van der Waals surface area contributed by atoms with Crippen LogP contribution in [0.1, 0.15) is 44.7 Å². The Morgan fingerprint density at radius 3 is 2.83 bits per heavy atom. The summed E-state index contributed by atoms with van der Waals surface area (Å²) < 4.78 is 26.9. The van der Waals surface area contributed by atoms with Gasteiger partial charge in [-0.15, -0.1) is 0 Å². The van der Waals surface area contributed by atoms with Crippen LogP contribution in [0.2, 0.25) is 0 Å². The van der Waals surface area contributed by atoms with Crippen LogP contribution < -0.4 is 10.6 Å². The number of piperidine rings is 1. The highest BCUT2D eigenvalue weighted by Crippen LogP contribution is 2.18. The van der Waals surface area contributed by atoms with E-state index < -0.39 is 11.6 Å². The highest BCUT2D eigenvalue weighted by atomic mass is 19.1. The Bertz CT molecular complexity index is 562. The zero-order valence-electron chi connectivity index (χ0n) is 14.8. The third kappa shape index (κ3) is 4.90. The average Bonchev–Trinajstić information content (AvgIpc) is 2.58. The standard InChI is InChI=1S/C18H28F2N4/c1-4-24-10-6-5-7-15(24)12-22-18(21-3)23-13(2)16-9-8-14(19)11-17(16)20/h8-9,11,13,15H,4-7,10,12H2,1-3H3,(H2,21,22,23). The van der Waals surface area contributed by atoms with E-state index in [0.29, 0.717) is 17.6 Å². The van der Waals surface area contributed by atoms with Gasteiger partial charge in [-0.3, -0.25) is 9.89 Å². The predicted molar refractivity (Wildman–Crippen MR) is 94.2 cm³/mol. The first-order valence-corrected chi connectivity index (χ1v) is 8.71. The van der Waals surface area contributed by atoms with Crippen molar-refractivity contribution in [3.05, 3.63) is 35.4 Å². The Morgan fingerprint density at radius 2 is 2.17 bits per heavy atom. The van der Waals surface area contributed by atoms with Crippen LogP contribution >= 0.6 is 0 Å². The first-order valence-electron chi connectivity index (χ1n) is 8.71. The fourth-order valence-electron chi connectivity index (χ4n) is 3.25. The molecule has 0 saturated carbocycles. The molecule has 0 spiro atoms. The van der Waals surface area contributed by atoms with E-state index in [-0.39, 0.29) is 6.04 Å². The van der Waals surface area contributed by atoms with Crippen molar-refractivity contribution >= 4 is 5.96 Å². The molecular weight excluding hydrogens is 310 g/mol. The summed E-state index contributed by atoms with van der Waals surface area (Å²) in [5.74, 6) is -0.481. The highest BCUT2D eigenvalue weighted by molar-refractivity contribution is 5.80. The summed E-state index contributed by atoms with van der Waals surface area (Å²) in [6, 6.07) is 3.85. The van der Waals surface area contributed by atoms with Crippen molar-refractivity contribution in [3.8, 4) is 0 Å². The molecule has 0 amide bonds. The highest BCUT2D eigenvalue weighted by Gasteiger charge is 2.21. The predicted octanol–water partition coefficient (Wildman–Crippen LogP) is 3.07. The quantitative estimate of drug-likeness (QED) is 0.640. The van der Waals surface area contributed by atoms with Crippen LogP contribution in [0.4, 0.5) is 8.78 Å². The maximum Gasteiger partial charge on any atom is 0.191 e. The van der Waals surface area contributed by atoms with Gasteiger partial charge in [0.1, 0.15) is 11.6 Å². The zero-order valence-corrected chi connectivity index (χ0v) is 14.8. The van der Waals surface area contributed by atoms with Gasteiger partial charge >= 0.3 is 0 Å². The van der Waals surface area contributed by atoms with Gasteiger partial charge in [-0.2, -0.15) is 0 Å². The second-order valence-corrected chi connectivity index (χ2v) is 6.26. The fourth-order valence-corrected chi connectivity index (χ4v) is 3.25. The van der Waals surface area contributed by atoms with E-state index in [4.69, 9.17) is 0 Å². The lowest BCUT2D eigenvalue weighted by Gasteiger charge is -2.35. The molecule has 4 nitrogen and oxygen atoms in total. The van der Waals surface area contributed by atoms with Gasteiger partial charge in [-0.25, -0.2) is 8.78 Å². The molecule has 1 saturated heterocycles. The minimum Gasteiger partial charge on any atom is -0.355 e. The van der Waals surface area contributed by atoms with Gasteiger partial charge in [-0.05, 0) is 38.9 Å². The number of nitrogens with one attached hydrogen (secondary N) is 2. The van der Waals surface area contributed by atoms with Crippen LogP contribution in [-0.2, 0) is 0 Å².